The highest BCUT2D eigenvalue weighted by atomic mass is 35.5. The van der Waals surface area contributed by atoms with Gasteiger partial charge in [0.25, 0.3) is 0 Å². The number of nitrogens with zero attached hydrogens (tertiary/aromatic N) is 3. The average Bonchev–Trinajstić information content (AvgIpc) is 3.43. The van der Waals surface area contributed by atoms with E-state index in [1.807, 2.05) is 17.7 Å². The normalized spacial score (nSPS) is 18.1. The van der Waals surface area contributed by atoms with Gasteiger partial charge >= 0.3 is 0 Å². The van der Waals surface area contributed by atoms with Crippen molar-refractivity contribution in [3.63, 3.8) is 0 Å². The van der Waals surface area contributed by atoms with Crippen molar-refractivity contribution in [2.24, 2.45) is 18.9 Å². The number of nitriles is 1. The zero-order valence-electron chi connectivity index (χ0n) is 14.4. The van der Waals surface area contributed by atoms with Crippen molar-refractivity contribution in [1.82, 2.24) is 9.55 Å². The highest BCUT2D eigenvalue weighted by Crippen LogP contribution is 2.38. The van der Waals surface area contributed by atoms with Crippen LogP contribution in [-0.2, 0) is 11.8 Å². The molecular weight excluding hydrogens is 364 g/mol. The molecule has 2 heterocycles. The predicted octanol–water partition coefficient (Wildman–Crippen LogP) is 3.35. The Kier molecular flexibility index (Phi) is 4.17. The van der Waals surface area contributed by atoms with Crippen molar-refractivity contribution in [2.45, 2.75) is 6.42 Å². The number of nitrogens with one attached hydrogen (secondary N) is 1. The maximum absolute atomic E-state index is 12.2. The Hall–Kier alpha value is -3.17. The van der Waals surface area contributed by atoms with Crippen LogP contribution in [0.15, 0.2) is 47.5 Å². The monoisotopic (exact) mass is 378 g/mol. The van der Waals surface area contributed by atoms with Gasteiger partial charge < -0.3 is 9.88 Å². The minimum Gasteiger partial charge on any atom is -0.350 e. The van der Waals surface area contributed by atoms with Gasteiger partial charge in [-0.15, -0.1) is 0 Å². The van der Waals surface area contributed by atoms with Crippen molar-refractivity contribution in [1.29, 1.82) is 5.26 Å². The van der Waals surface area contributed by atoms with E-state index in [-0.39, 0.29) is 23.2 Å². The Morgan fingerprint density at radius 3 is 2.93 bits per heavy atom. The molecule has 27 heavy (non-hydrogen) atoms. The molecule has 0 bridgehead atoms. The summed E-state index contributed by atoms with van der Waals surface area (Å²) in [5.41, 5.74) is 1.45. The number of pyridine rings is 2. The molecule has 6 nitrogen and oxygen atoms in total. The van der Waals surface area contributed by atoms with Gasteiger partial charge in [0, 0.05) is 42.5 Å². The van der Waals surface area contributed by atoms with E-state index in [9.17, 15) is 9.59 Å². The molecule has 3 aromatic rings. The lowest BCUT2D eigenvalue weighted by molar-refractivity contribution is -0.117. The molecule has 1 aromatic carbocycles. The molecule has 134 valence electrons. The zero-order chi connectivity index (χ0) is 19.1. The Labute approximate surface area is 160 Å². The fourth-order valence-corrected chi connectivity index (χ4v) is 3.39. The molecule has 7 heteroatoms. The summed E-state index contributed by atoms with van der Waals surface area (Å²) in [5, 5.41) is 13.7. The first-order valence-electron chi connectivity index (χ1n) is 8.43. The number of carbonyl (C=O) groups excluding carboxylic acids is 1. The molecule has 0 saturated heterocycles. The maximum Gasteiger partial charge on any atom is 0.230 e. The number of fused-ring (bicyclic) bond motifs is 1. The molecule has 0 unspecified atom stereocenters. The molecule has 1 amide bonds. The Balaban J connectivity index is 1.72. The lowest BCUT2D eigenvalue weighted by atomic mass is 10.1. The van der Waals surface area contributed by atoms with E-state index in [1.54, 1.807) is 30.6 Å². The third kappa shape index (κ3) is 3.29. The lowest BCUT2D eigenvalue weighted by Gasteiger charge is -2.11. The molecular formula is C20H15ClN4O2. The molecule has 2 aromatic heterocycles. The largest absolute Gasteiger partial charge is 0.350 e. The van der Waals surface area contributed by atoms with Crippen molar-refractivity contribution >= 4 is 34.1 Å². The van der Waals surface area contributed by atoms with E-state index in [1.165, 1.54) is 6.07 Å². The molecule has 1 aliphatic carbocycles. The van der Waals surface area contributed by atoms with Crippen molar-refractivity contribution < 1.29 is 4.79 Å². The summed E-state index contributed by atoms with van der Waals surface area (Å²) < 4.78 is 1.85. The van der Waals surface area contributed by atoms with Crippen LogP contribution in [0.5, 0.6) is 0 Å². The molecule has 1 N–H and O–H groups in total. The molecule has 1 fully saturated rings. The lowest BCUT2D eigenvalue weighted by Crippen LogP contribution is -2.15. The first-order chi connectivity index (χ1) is 13.0. The summed E-state index contributed by atoms with van der Waals surface area (Å²) in [6.07, 6.45) is 3.90. The first kappa shape index (κ1) is 17.3. The van der Waals surface area contributed by atoms with Crippen LogP contribution in [-0.4, -0.2) is 15.5 Å². The SMILES string of the molecule is Cn1ccc(=O)cc1-c1cc(Cl)c2cnc(NC(=O)[C@@H]3C[C@H]3C#N)cc2c1. The number of aromatic nitrogens is 2. The van der Waals surface area contributed by atoms with Gasteiger partial charge in [-0.1, -0.05) is 11.6 Å². The summed E-state index contributed by atoms with van der Waals surface area (Å²) >= 11 is 6.41. The van der Waals surface area contributed by atoms with Crippen LogP contribution < -0.4 is 10.7 Å². The number of hydrogen-bond acceptors (Lipinski definition) is 4. The summed E-state index contributed by atoms with van der Waals surface area (Å²) in [6, 6.07) is 10.6. The number of aryl methyl sites for hydroxylation is 1. The van der Waals surface area contributed by atoms with Crippen LogP contribution in [0, 0.1) is 23.2 Å². The number of anilines is 1. The second-order valence-electron chi connectivity index (χ2n) is 6.67. The third-order valence-corrected chi connectivity index (χ3v) is 5.06. The first-order valence-corrected chi connectivity index (χ1v) is 8.81. The minimum absolute atomic E-state index is 0.0847. The van der Waals surface area contributed by atoms with Crippen LogP contribution in [0.1, 0.15) is 6.42 Å². The molecule has 0 spiro atoms. The summed E-state index contributed by atoms with van der Waals surface area (Å²) in [4.78, 5) is 28.1. The number of benzene rings is 1. The third-order valence-electron chi connectivity index (χ3n) is 4.75. The molecule has 0 radical (unpaired) electrons. The number of halogens is 1. The van der Waals surface area contributed by atoms with Crippen LogP contribution in [0.25, 0.3) is 22.0 Å². The van der Waals surface area contributed by atoms with Crippen molar-refractivity contribution in [3.8, 4) is 17.3 Å². The zero-order valence-corrected chi connectivity index (χ0v) is 15.2. The topological polar surface area (TPSA) is 87.8 Å². The Morgan fingerprint density at radius 2 is 2.19 bits per heavy atom. The fourth-order valence-electron chi connectivity index (χ4n) is 3.11. The number of amides is 1. The van der Waals surface area contributed by atoms with Gasteiger partial charge in [-0.3, -0.25) is 9.59 Å². The maximum atomic E-state index is 12.2. The second kappa shape index (κ2) is 6.53. The van der Waals surface area contributed by atoms with E-state index in [2.05, 4.69) is 16.4 Å². The Morgan fingerprint density at radius 1 is 1.37 bits per heavy atom. The molecule has 1 saturated carbocycles. The molecule has 1 aliphatic rings. The predicted molar refractivity (Wildman–Crippen MR) is 103 cm³/mol. The Bertz CT molecular complexity index is 1180. The number of carbonyl (C=O) groups is 1. The summed E-state index contributed by atoms with van der Waals surface area (Å²) in [7, 11) is 1.85. The van der Waals surface area contributed by atoms with Gasteiger partial charge in [-0.05, 0) is 30.0 Å². The minimum atomic E-state index is -0.263. The van der Waals surface area contributed by atoms with E-state index < -0.39 is 0 Å². The summed E-state index contributed by atoms with van der Waals surface area (Å²) in [5.74, 6) is -0.250. The van der Waals surface area contributed by atoms with E-state index in [4.69, 9.17) is 16.9 Å². The quantitative estimate of drug-likeness (QED) is 0.757. The van der Waals surface area contributed by atoms with Crippen LogP contribution >= 0.6 is 11.6 Å². The smallest absolute Gasteiger partial charge is 0.230 e. The van der Waals surface area contributed by atoms with Gasteiger partial charge in [0.2, 0.25) is 5.91 Å². The van der Waals surface area contributed by atoms with Crippen molar-refractivity contribution in [2.75, 3.05) is 5.32 Å². The van der Waals surface area contributed by atoms with E-state index in [0.29, 0.717) is 17.3 Å². The van der Waals surface area contributed by atoms with Gasteiger partial charge in [0.15, 0.2) is 5.43 Å². The standard InChI is InChI=1S/C20H15ClN4O2/c1-25-3-2-14(26)8-18(25)12-4-11-7-19(23-10-16(11)17(21)6-12)24-20(27)15-5-13(15)9-22/h2-4,6-8,10,13,15H,5H2,1H3,(H,23,24,27)/t13-,15+/m0/s1. The van der Waals surface area contributed by atoms with Gasteiger partial charge in [-0.2, -0.15) is 5.26 Å². The molecule has 2 atom stereocenters. The van der Waals surface area contributed by atoms with Crippen LogP contribution in [0.2, 0.25) is 5.02 Å². The van der Waals surface area contributed by atoms with Gasteiger partial charge in [0.1, 0.15) is 5.82 Å². The van der Waals surface area contributed by atoms with Crippen LogP contribution in [0.4, 0.5) is 5.82 Å². The van der Waals surface area contributed by atoms with Crippen LogP contribution in [0.3, 0.4) is 0 Å². The molecule has 0 aliphatic heterocycles. The van der Waals surface area contributed by atoms with E-state index >= 15 is 0 Å². The number of hydrogen-bond donors (Lipinski definition) is 1. The van der Waals surface area contributed by atoms with E-state index in [0.717, 1.165) is 22.0 Å². The van der Waals surface area contributed by atoms with Crippen molar-refractivity contribution in [3.05, 3.63) is 58.0 Å². The van der Waals surface area contributed by atoms with Gasteiger partial charge in [-0.25, -0.2) is 4.98 Å². The fraction of sp³-hybridized carbons (Fsp3) is 0.200. The van der Waals surface area contributed by atoms with Gasteiger partial charge in [0.05, 0.1) is 28.6 Å². The molecule has 4 rings (SSSR count). The average molecular weight is 379 g/mol. The highest BCUT2D eigenvalue weighted by molar-refractivity contribution is 6.36. The number of rotatable bonds is 3. The second-order valence-corrected chi connectivity index (χ2v) is 7.08. The highest BCUT2D eigenvalue weighted by Gasteiger charge is 2.43. The summed E-state index contributed by atoms with van der Waals surface area (Å²) in [6.45, 7) is 0.